The molecule has 4 rings (SSSR count). The highest BCUT2D eigenvalue weighted by Gasteiger charge is 2.49. The van der Waals surface area contributed by atoms with Crippen molar-refractivity contribution in [2.75, 3.05) is 19.8 Å². The maximum Gasteiger partial charge on any atom is 0.573 e. The van der Waals surface area contributed by atoms with E-state index in [0.29, 0.717) is 30.9 Å². The predicted octanol–water partition coefficient (Wildman–Crippen LogP) is 5.77. The minimum Gasteiger partial charge on any atom is -0.494 e. The van der Waals surface area contributed by atoms with E-state index >= 15 is 0 Å². The SMILES string of the molecule is CCOc1ccc(OC(F)(F)F)cc1[C@H]1CO[C@]2(CCCN[C@H]2c2ccccc2)C1.Cl. The number of halogens is 4. The van der Waals surface area contributed by atoms with Gasteiger partial charge in [-0.2, -0.15) is 0 Å². The van der Waals surface area contributed by atoms with Crippen molar-refractivity contribution in [2.45, 2.75) is 50.1 Å². The van der Waals surface area contributed by atoms with Gasteiger partial charge in [-0.05, 0) is 56.5 Å². The molecule has 0 aliphatic carbocycles. The van der Waals surface area contributed by atoms with E-state index in [-0.39, 0.29) is 30.1 Å². The molecule has 2 heterocycles. The second-order valence-corrected chi connectivity index (χ2v) is 7.86. The Morgan fingerprint density at radius 2 is 1.94 bits per heavy atom. The van der Waals surface area contributed by atoms with Crippen LogP contribution in [0.1, 0.15) is 49.3 Å². The molecule has 2 fully saturated rings. The number of alkyl halides is 3. The summed E-state index contributed by atoms with van der Waals surface area (Å²) in [6, 6.07) is 14.5. The Bertz CT molecular complexity index is 865. The zero-order valence-corrected chi connectivity index (χ0v) is 18.1. The summed E-state index contributed by atoms with van der Waals surface area (Å²) in [5, 5.41) is 3.59. The van der Waals surface area contributed by atoms with Crippen molar-refractivity contribution in [3.8, 4) is 11.5 Å². The van der Waals surface area contributed by atoms with Crippen LogP contribution < -0.4 is 14.8 Å². The second kappa shape index (κ2) is 9.67. The first-order chi connectivity index (χ1) is 14.4. The number of rotatable bonds is 5. The molecule has 0 bridgehead atoms. The Morgan fingerprint density at radius 3 is 2.65 bits per heavy atom. The van der Waals surface area contributed by atoms with Crippen LogP contribution in [0.5, 0.6) is 11.5 Å². The molecule has 1 spiro atoms. The third-order valence-corrected chi connectivity index (χ3v) is 5.90. The molecule has 0 radical (unpaired) electrons. The Morgan fingerprint density at radius 1 is 1.16 bits per heavy atom. The first-order valence-electron chi connectivity index (χ1n) is 10.3. The first kappa shape index (κ1) is 23.7. The van der Waals surface area contributed by atoms with Crippen molar-refractivity contribution >= 4 is 12.4 Å². The van der Waals surface area contributed by atoms with Gasteiger partial charge in [-0.25, -0.2) is 0 Å². The van der Waals surface area contributed by atoms with Gasteiger partial charge in [-0.15, -0.1) is 25.6 Å². The molecule has 2 aromatic carbocycles. The predicted molar refractivity (Wildman–Crippen MR) is 114 cm³/mol. The van der Waals surface area contributed by atoms with Crippen LogP contribution in [0.15, 0.2) is 48.5 Å². The van der Waals surface area contributed by atoms with Gasteiger partial charge in [0, 0.05) is 11.5 Å². The number of piperidine rings is 1. The van der Waals surface area contributed by atoms with Crippen LogP contribution in [0.3, 0.4) is 0 Å². The molecule has 3 atom stereocenters. The van der Waals surface area contributed by atoms with Gasteiger partial charge in [0.05, 0.1) is 24.9 Å². The number of nitrogens with one attached hydrogen (secondary N) is 1. The van der Waals surface area contributed by atoms with Gasteiger partial charge in [-0.3, -0.25) is 0 Å². The van der Waals surface area contributed by atoms with Crippen LogP contribution in [0, 0.1) is 0 Å². The molecule has 170 valence electrons. The van der Waals surface area contributed by atoms with E-state index in [0.717, 1.165) is 24.9 Å². The summed E-state index contributed by atoms with van der Waals surface area (Å²) in [5.74, 6) is 0.274. The molecule has 1 N–H and O–H groups in total. The van der Waals surface area contributed by atoms with Crippen molar-refractivity contribution in [1.29, 1.82) is 0 Å². The van der Waals surface area contributed by atoms with Gasteiger partial charge >= 0.3 is 6.36 Å². The maximum absolute atomic E-state index is 12.7. The number of hydrogen-bond donors (Lipinski definition) is 1. The Balaban J connectivity index is 0.00000272. The fourth-order valence-corrected chi connectivity index (χ4v) is 4.74. The summed E-state index contributed by atoms with van der Waals surface area (Å²) < 4.78 is 54.5. The van der Waals surface area contributed by atoms with Crippen molar-refractivity contribution in [2.24, 2.45) is 0 Å². The molecule has 2 saturated heterocycles. The van der Waals surface area contributed by atoms with Crippen molar-refractivity contribution in [3.05, 3.63) is 59.7 Å². The molecule has 0 unspecified atom stereocenters. The molecule has 0 aromatic heterocycles. The quantitative estimate of drug-likeness (QED) is 0.618. The Hall–Kier alpha value is -1.96. The molecule has 31 heavy (non-hydrogen) atoms. The minimum atomic E-state index is -4.73. The fraction of sp³-hybridized carbons (Fsp3) is 0.478. The molecular formula is C23H27ClF3NO3. The second-order valence-electron chi connectivity index (χ2n) is 7.86. The van der Waals surface area contributed by atoms with E-state index in [1.807, 2.05) is 25.1 Å². The van der Waals surface area contributed by atoms with Crippen LogP contribution in [0.2, 0.25) is 0 Å². The summed E-state index contributed by atoms with van der Waals surface area (Å²) in [5.41, 5.74) is 1.47. The lowest BCUT2D eigenvalue weighted by atomic mass is 9.77. The lowest BCUT2D eigenvalue weighted by Crippen LogP contribution is -2.48. The average Bonchev–Trinajstić information content (AvgIpc) is 3.13. The van der Waals surface area contributed by atoms with E-state index < -0.39 is 12.0 Å². The third-order valence-electron chi connectivity index (χ3n) is 5.90. The number of ether oxygens (including phenoxy) is 3. The maximum atomic E-state index is 12.7. The third kappa shape index (κ3) is 5.27. The molecule has 2 aromatic rings. The standard InChI is InChI=1S/C23H26F3NO3.ClH/c1-2-28-20-10-9-18(30-23(24,25)26)13-19(20)17-14-22(29-15-17)11-6-12-27-21(22)16-7-4-3-5-8-16;/h3-5,7-10,13,17,21,27H,2,6,11-12,14-15H2,1H3;1H/t17-,21+,22-;/m1./s1. The van der Waals surface area contributed by atoms with Crippen LogP contribution >= 0.6 is 12.4 Å². The zero-order chi connectivity index (χ0) is 21.2. The molecule has 8 heteroatoms. The van der Waals surface area contributed by atoms with Gasteiger partial charge in [0.15, 0.2) is 0 Å². The average molecular weight is 458 g/mol. The van der Waals surface area contributed by atoms with Gasteiger partial charge in [0.2, 0.25) is 0 Å². The van der Waals surface area contributed by atoms with E-state index in [1.165, 1.54) is 12.1 Å². The van der Waals surface area contributed by atoms with Gasteiger partial charge < -0.3 is 19.5 Å². The zero-order valence-electron chi connectivity index (χ0n) is 17.3. The van der Waals surface area contributed by atoms with Crippen LogP contribution in [0.25, 0.3) is 0 Å². The van der Waals surface area contributed by atoms with Crippen molar-refractivity contribution < 1.29 is 27.4 Å². The summed E-state index contributed by atoms with van der Waals surface area (Å²) in [6.45, 7) is 3.63. The van der Waals surface area contributed by atoms with Crippen LogP contribution in [-0.4, -0.2) is 31.7 Å². The summed E-state index contributed by atoms with van der Waals surface area (Å²) >= 11 is 0. The lowest BCUT2D eigenvalue weighted by molar-refractivity contribution is -0.274. The van der Waals surface area contributed by atoms with E-state index in [4.69, 9.17) is 9.47 Å². The Kier molecular flexibility index (Phi) is 7.39. The summed E-state index contributed by atoms with van der Waals surface area (Å²) in [7, 11) is 0. The van der Waals surface area contributed by atoms with Gasteiger partial charge in [0.1, 0.15) is 11.5 Å². The highest BCUT2D eigenvalue weighted by atomic mass is 35.5. The van der Waals surface area contributed by atoms with Crippen molar-refractivity contribution in [1.82, 2.24) is 5.32 Å². The van der Waals surface area contributed by atoms with Crippen LogP contribution in [0.4, 0.5) is 13.2 Å². The fourth-order valence-electron chi connectivity index (χ4n) is 4.74. The van der Waals surface area contributed by atoms with Crippen LogP contribution in [-0.2, 0) is 4.74 Å². The first-order valence-corrected chi connectivity index (χ1v) is 10.3. The number of benzene rings is 2. The molecule has 2 aliphatic rings. The largest absolute Gasteiger partial charge is 0.573 e. The molecule has 0 saturated carbocycles. The lowest BCUT2D eigenvalue weighted by Gasteiger charge is -2.41. The highest BCUT2D eigenvalue weighted by molar-refractivity contribution is 5.85. The monoisotopic (exact) mass is 457 g/mol. The van der Waals surface area contributed by atoms with E-state index in [9.17, 15) is 13.2 Å². The van der Waals surface area contributed by atoms with E-state index in [1.54, 1.807) is 6.07 Å². The van der Waals surface area contributed by atoms with Crippen molar-refractivity contribution in [3.63, 3.8) is 0 Å². The van der Waals surface area contributed by atoms with Gasteiger partial charge in [-0.1, -0.05) is 30.3 Å². The molecule has 2 aliphatic heterocycles. The molecule has 0 amide bonds. The van der Waals surface area contributed by atoms with Gasteiger partial charge in [0.25, 0.3) is 0 Å². The van der Waals surface area contributed by atoms with E-state index in [2.05, 4.69) is 22.2 Å². The number of hydrogen-bond acceptors (Lipinski definition) is 4. The smallest absolute Gasteiger partial charge is 0.494 e. The molecular weight excluding hydrogens is 431 g/mol. The molecule has 4 nitrogen and oxygen atoms in total. The summed E-state index contributed by atoms with van der Waals surface area (Å²) in [6.07, 6.45) is -2.14. The Labute approximate surface area is 186 Å². The minimum absolute atomic E-state index is 0. The highest BCUT2D eigenvalue weighted by Crippen LogP contribution is 2.50. The topological polar surface area (TPSA) is 39.7 Å². The normalized spacial score (nSPS) is 25.8. The summed E-state index contributed by atoms with van der Waals surface area (Å²) in [4.78, 5) is 0.